The van der Waals surface area contributed by atoms with Crippen LogP contribution in [-0.4, -0.2) is 24.5 Å². The van der Waals surface area contributed by atoms with Crippen LogP contribution in [0.1, 0.15) is 0 Å². The SMILES string of the molecule is c1csc(-c2ccc3cc4cc5[se]c6cc7cc8ccc(-c9nccs9)cc8cc7cc6c5cc4cc3c2)n1. The molecule has 0 aliphatic heterocycles. The predicted octanol–water partition coefficient (Wildman–Crippen LogP) is 9.91. The topological polar surface area (TPSA) is 25.8 Å². The molecular weight excluding hydrogens is 579 g/mol. The van der Waals surface area contributed by atoms with Crippen molar-refractivity contribution in [3.63, 3.8) is 0 Å². The normalized spacial score (nSPS) is 12.1. The van der Waals surface area contributed by atoms with Crippen molar-refractivity contribution in [2.75, 3.05) is 0 Å². The molecule has 39 heavy (non-hydrogen) atoms. The van der Waals surface area contributed by atoms with Crippen LogP contribution in [0, 0.1) is 0 Å². The van der Waals surface area contributed by atoms with Gasteiger partial charge in [-0.3, -0.25) is 0 Å². The molecule has 0 bridgehead atoms. The standard InChI is InChI=1S/C34H18N2S2Se/c1-3-21(33-35-5-7-37-33)11-23-13-25-15-29-30-16-26-14-24-12-22(34-36-6-8-38-34)4-2-20(24)10-28(26)18-32(30)39-31(29)17-27(25)9-19(1)23/h1-18H. The van der Waals surface area contributed by atoms with E-state index in [1.54, 1.807) is 22.7 Å². The Morgan fingerprint density at radius 2 is 0.872 bits per heavy atom. The summed E-state index contributed by atoms with van der Waals surface area (Å²) in [6.45, 7) is 0. The fourth-order valence-corrected chi connectivity index (χ4v) is 9.48. The molecule has 0 aliphatic rings. The van der Waals surface area contributed by atoms with Crippen molar-refractivity contribution in [1.82, 2.24) is 9.97 Å². The van der Waals surface area contributed by atoms with Gasteiger partial charge in [0.1, 0.15) is 0 Å². The van der Waals surface area contributed by atoms with E-state index >= 15 is 0 Å². The molecule has 0 fully saturated rings. The first-order valence-corrected chi connectivity index (χ1v) is 16.2. The number of fused-ring (bicyclic) bond motifs is 7. The Balaban J connectivity index is 1.25. The molecule has 2 nitrogen and oxygen atoms in total. The van der Waals surface area contributed by atoms with Gasteiger partial charge in [-0.1, -0.05) is 0 Å². The summed E-state index contributed by atoms with van der Waals surface area (Å²) in [4.78, 5) is 9.01. The molecule has 0 radical (unpaired) electrons. The van der Waals surface area contributed by atoms with Crippen LogP contribution < -0.4 is 0 Å². The van der Waals surface area contributed by atoms with Crippen LogP contribution in [0.4, 0.5) is 0 Å². The quantitative estimate of drug-likeness (QED) is 0.146. The fraction of sp³-hybridized carbons (Fsp3) is 0. The van der Waals surface area contributed by atoms with Gasteiger partial charge in [0.15, 0.2) is 0 Å². The number of hydrogen-bond donors (Lipinski definition) is 0. The maximum atomic E-state index is 4.51. The van der Waals surface area contributed by atoms with E-state index in [1.165, 1.54) is 73.5 Å². The van der Waals surface area contributed by atoms with E-state index in [4.69, 9.17) is 0 Å². The van der Waals surface area contributed by atoms with Crippen LogP contribution in [0.3, 0.4) is 0 Å². The molecular formula is C34H18N2S2Se. The second kappa shape index (κ2) is 8.32. The predicted molar refractivity (Wildman–Crippen MR) is 171 cm³/mol. The zero-order chi connectivity index (χ0) is 25.5. The average Bonchev–Trinajstić information content (AvgIpc) is 3.74. The van der Waals surface area contributed by atoms with Crippen molar-refractivity contribution in [3.05, 3.63) is 108 Å². The van der Waals surface area contributed by atoms with Crippen LogP contribution in [0.2, 0.25) is 0 Å². The van der Waals surface area contributed by atoms with Gasteiger partial charge in [-0.15, -0.1) is 0 Å². The van der Waals surface area contributed by atoms with E-state index in [1.807, 2.05) is 23.2 Å². The Labute approximate surface area is 237 Å². The van der Waals surface area contributed by atoms with Gasteiger partial charge in [0.05, 0.1) is 0 Å². The number of aromatic nitrogens is 2. The summed E-state index contributed by atoms with van der Waals surface area (Å²) < 4.78 is 2.96. The summed E-state index contributed by atoms with van der Waals surface area (Å²) in [6.07, 6.45) is 3.75. The van der Waals surface area contributed by atoms with Gasteiger partial charge in [-0.25, -0.2) is 0 Å². The van der Waals surface area contributed by atoms with E-state index in [-0.39, 0.29) is 0 Å². The molecule has 5 heteroatoms. The van der Waals surface area contributed by atoms with Gasteiger partial charge in [0.25, 0.3) is 0 Å². The number of benzene rings is 6. The van der Waals surface area contributed by atoms with Gasteiger partial charge in [0, 0.05) is 0 Å². The molecule has 0 saturated carbocycles. The van der Waals surface area contributed by atoms with Crippen LogP contribution in [0.15, 0.2) is 108 Å². The molecule has 0 aliphatic carbocycles. The summed E-state index contributed by atoms with van der Waals surface area (Å²) in [5.41, 5.74) is 2.37. The van der Waals surface area contributed by atoms with E-state index in [9.17, 15) is 0 Å². The molecule has 182 valence electrons. The fourth-order valence-electron chi connectivity index (χ4n) is 5.76. The van der Waals surface area contributed by atoms with E-state index < -0.39 is 0 Å². The second-order valence-corrected chi connectivity index (χ2v) is 14.1. The van der Waals surface area contributed by atoms with Gasteiger partial charge in [-0.2, -0.15) is 0 Å². The van der Waals surface area contributed by atoms with Gasteiger partial charge < -0.3 is 0 Å². The summed E-state index contributed by atoms with van der Waals surface area (Å²) in [7, 11) is 0. The molecule has 0 spiro atoms. The Kier molecular flexibility index (Phi) is 4.69. The van der Waals surface area contributed by atoms with E-state index in [2.05, 4.69) is 94.9 Å². The minimum absolute atomic E-state index is 0.306. The first-order valence-electron chi connectivity index (χ1n) is 12.8. The molecule has 0 amide bonds. The summed E-state index contributed by atoms with van der Waals surface area (Å²) in [5, 5.41) is 19.3. The third kappa shape index (κ3) is 3.52. The van der Waals surface area contributed by atoms with Gasteiger partial charge in [0.2, 0.25) is 0 Å². The molecule has 3 heterocycles. The molecule has 0 unspecified atom stereocenters. The van der Waals surface area contributed by atoms with Crippen molar-refractivity contribution in [2.45, 2.75) is 0 Å². The second-order valence-electron chi connectivity index (χ2n) is 10.00. The zero-order valence-corrected chi connectivity index (χ0v) is 23.9. The van der Waals surface area contributed by atoms with E-state index in [0.29, 0.717) is 14.5 Å². The number of hydrogen-bond acceptors (Lipinski definition) is 4. The zero-order valence-electron chi connectivity index (χ0n) is 20.5. The van der Waals surface area contributed by atoms with Crippen molar-refractivity contribution < 1.29 is 0 Å². The van der Waals surface area contributed by atoms with Crippen LogP contribution in [0.25, 0.3) is 83.5 Å². The molecule has 0 atom stereocenters. The van der Waals surface area contributed by atoms with E-state index in [0.717, 1.165) is 10.0 Å². The number of nitrogens with zero attached hydrogens (tertiary/aromatic N) is 2. The number of thiazole rings is 2. The Bertz CT molecular complexity index is 2220. The van der Waals surface area contributed by atoms with Crippen molar-refractivity contribution in [3.8, 4) is 21.1 Å². The molecule has 0 N–H and O–H groups in total. The number of rotatable bonds is 2. The first kappa shape index (κ1) is 22.0. The summed E-state index contributed by atoms with van der Waals surface area (Å²) in [6, 6.07) is 32.5. The summed E-state index contributed by atoms with van der Waals surface area (Å²) in [5.74, 6) is 0. The van der Waals surface area contributed by atoms with Crippen LogP contribution in [0.5, 0.6) is 0 Å². The Morgan fingerprint density at radius 1 is 0.436 bits per heavy atom. The van der Waals surface area contributed by atoms with Gasteiger partial charge in [-0.05, 0) is 0 Å². The average molecular weight is 598 g/mol. The molecule has 9 aromatic rings. The van der Waals surface area contributed by atoms with Crippen molar-refractivity contribution >= 4 is 99.6 Å². The first-order chi connectivity index (χ1) is 19.2. The van der Waals surface area contributed by atoms with Crippen LogP contribution >= 0.6 is 22.7 Å². The van der Waals surface area contributed by atoms with Gasteiger partial charge >= 0.3 is 239 Å². The molecule has 6 aromatic carbocycles. The molecule has 9 rings (SSSR count). The molecule has 3 aromatic heterocycles. The van der Waals surface area contributed by atoms with Crippen LogP contribution in [-0.2, 0) is 0 Å². The Hall–Kier alpha value is -3.86. The summed E-state index contributed by atoms with van der Waals surface area (Å²) >= 11 is 3.68. The van der Waals surface area contributed by atoms with Crippen molar-refractivity contribution in [2.24, 2.45) is 0 Å². The minimum atomic E-state index is 0.306. The Morgan fingerprint density at radius 3 is 1.33 bits per heavy atom. The van der Waals surface area contributed by atoms with Crippen molar-refractivity contribution in [1.29, 1.82) is 0 Å². The third-order valence-corrected chi connectivity index (χ3v) is 11.6. The maximum absolute atomic E-state index is 4.51. The molecule has 0 saturated heterocycles. The monoisotopic (exact) mass is 598 g/mol. The third-order valence-electron chi connectivity index (χ3n) is 7.66.